The molecule has 0 spiro atoms. The van der Waals surface area contributed by atoms with Gasteiger partial charge >= 0.3 is 12.1 Å². The summed E-state index contributed by atoms with van der Waals surface area (Å²) in [5, 5.41) is 2.58. The molecule has 2 rings (SSSR count). The lowest BCUT2D eigenvalue weighted by atomic mass is 10.2. The molecule has 0 saturated carbocycles. The van der Waals surface area contributed by atoms with Crippen LogP contribution >= 0.6 is 0 Å². The van der Waals surface area contributed by atoms with Gasteiger partial charge in [0.2, 0.25) is 0 Å². The molecule has 0 aliphatic rings. The molecule has 0 heterocycles. The maximum Gasteiger partial charge on any atom is 0.417 e. The number of ether oxygens (including phenoxy) is 4. The Kier molecular flexibility index (Phi) is 6.22. The van der Waals surface area contributed by atoms with Gasteiger partial charge in [0.05, 0.1) is 32.1 Å². The van der Waals surface area contributed by atoms with E-state index in [9.17, 15) is 9.59 Å². The molecule has 0 unspecified atom stereocenters. The Balaban J connectivity index is 2.04. The molecule has 0 aliphatic heterocycles. The molecule has 7 heteroatoms. The Labute approximate surface area is 145 Å². The van der Waals surface area contributed by atoms with Crippen molar-refractivity contribution < 1.29 is 28.5 Å². The fourth-order valence-electron chi connectivity index (χ4n) is 2.03. The molecular formula is C18H19NO6. The number of hydrogen-bond donors (Lipinski definition) is 1. The molecule has 2 aromatic carbocycles. The number of methoxy groups -OCH3 is 2. The van der Waals surface area contributed by atoms with Crippen LogP contribution in [0, 0.1) is 0 Å². The fourth-order valence-corrected chi connectivity index (χ4v) is 2.03. The van der Waals surface area contributed by atoms with Gasteiger partial charge in [-0.25, -0.2) is 9.59 Å². The van der Waals surface area contributed by atoms with Gasteiger partial charge in [0.1, 0.15) is 17.2 Å². The zero-order chi connectivity index (χ0) is 18.2. The molecule has 0 saturated heterocycles. The Bertz CT molecular complexity index is 742. The minimum absolute atomic E-state index is 0.285. The number of nitrogens with one attached hydrogen (secondary N) is 1. The van der Waals surface area contributed by atoms with Crippen LogP contribution in [-0.2, 0) is 4.74 Å². The topological polar surface area (TPSA) is 83.1 Å². The number of carbonyl (C=O) groups is 2. The van der Waals surface area contributed by atoms with E-state index < -0.39 is 12.1 Å². The highest BCUT2D eigenvalue weighted by Gasteiger charge is 2.12. The van der Waals surface area contributed by atoms with Crippen molar-refractivity contribution in [2.45, 2.75) is 6.92 Å². The Morgan fingerprint density at radius 3 is 2.24 bits per heavy atom. The lowest BCUT2D eigenvalue weighted by Crippen LogP contribution is -2.17. The van der Waals surface area contributed by atoms with Crippen molar-refractivity contribution in [3.8, 4) is 17.2 Å². The standard InChI is InChI=1S/C18H19NO6/c1-4-24-17(20)12-5-7-13(8-6-12)25-18(21)19-15-11-14(22-2)9-10-16(15)23-3/h5-11H,4H2,1-3H3,(H,19,21). The van der Waals surface area contributed by atoms with E-state index in [1.165, 1.54) is 38.5 Å². The van der Waals surface area contributed by atoms with E-state index in [-0.39, 0.29) is 5.75 Å². The molecule has 7 nitrogen and oxygen atoms in total. The summed E-state index contributed by atoms with van der Waals surface area (Å²) >= 11 is 0. The maximum atomic E-state index is 12.0. The molecule has 0 atom stereocenters. The third-order valence-electron chi connectivity index (χ3n) is 3.22. The molecule has 132 valence electrons. The summed E-state index contributed by atoms with van der Waals surface area (Å²) in [6, 6.07) is 11.1. The largest absolute Gasteiger partial charge is 0.497 e. The zero-order valence-electron chi connectivity index (χ0n) is 14.2. The number of anilines is 1. The van der Waals surface area contributed by atoms with Crippen LogP contribution in [0.3, 0.4) is 0 Å². The number of amides is 1. The summed E-state index contributed by atoms with van der Waals surface area (Å²) in [4.78, 5) is 23.6. The van der Waals surface area contributed by atoms with Crippen LogP contribution in [0.2, 0.25) is 0 Å². The first-order chi connectivity index (χ1) is 12.1. The second kappa shape index (κ2) is 8.58. The van der Waals surface area contributed by atoms with E-state index in [1.807, 2.05) is 0 Å². The maximum absolute atomic E-state index is 12.0. The van der Waals surface area contributed by atoms with E-state index in [1.54, 1.807) is 25.1 Å². The first kappa shape index (κ1) is 18.1. The first-order valence-corrected chi connectivity index (χ1v) is 7.55. The molecule has 0 radical (unpaired) electrons. The Hall–Kier alpha value is -3.22. The van der Waals surface area contributed by atoms with Crippen LogP contribution in [0.5, 0.6) is 17.2 Å². The van der Waals surface area contributed by atoms with Gasteiger partial charge in [-0.1, -0.05) is 0 Å². The Morgan fingerprint density at radius 2 is 1.64 bits per heavy atom. The highest BCUT2D eigenvalue weighted by molar-refractivity contribution is 5.90. The minimum Gasteiger partial charge on any atom is -0.497 e. The van der Waals surface area contributed by atoms with E-state index in [0.29, 0.717) is 29.4 Å². The van der Waals surface area contributed by atoms with Crippen molar-refractivity contribution in [2.75, 3.05) is 26.1 Å². The number of rotatable bonds is 6. The second-order valence-corrected chi connectivity index (χ2v) is 4.83. The lowest BCUT2D eigenvalue weighted by Gasteiger charge is -2.12. The van der Waals surface area contributed by atoms with Gasteiger partial charge in [-0.15, -0.1) is 0 Å². The van der Waals surface area contributed by atoms with Crippen molar-refractivity contribution >= 4 is 17.7 Å². The van der Waals surface area contributed by atoms with Gasteiger partial charge in [-0.3, -0.25) is 5.32 Å². The van der Waals surface area contributed by atoms with Gasteiger partial charge in [-0.05, 0) is 43.3 Å². The smallest absolute Gasteiger partial charge is 0.417 e. The second-order valence-electron chi connectivity index (χ2n) is 4.83. The van der Waals surface area contributed by atoms with Crippen molar-refractivity contribution in [3.05, 3.63) is 48.0 Å². The van der Waals surface area contributed by atoms with Crippen LogP contribution in [0.4, 0.5) is 10.5 Å². The Morgan fingerprint density at radius 1 is 0.960 bits per heavy atom. The quantitative estimate of drug-likeness (QED) is 0.807. The van der Waals surface area contributed by atoms with E-state index in [2.05, 4.69) is 5.32 Å². The third kappa shape index (κ3) is 4.87. The summed E-state index contributed by atoms with van der Waals surface area (Å²) in [7, 11) is 3.02. The number of benzene rings is 2. The van der Waals surface area contributed by atoms with E-state index >= 15 is 0 Å². The SMILES string of the molecule is CCOC(=O)c1ccc(OC(=O)Nc2cc(OC)ccc2OC)cc1. The summed E-state index contributed by atoms with van der Waals surface area (Å²) in [6.45, 7) is 2.02. The highest BCUT2D eigenvalue weighted by Crippen LogP contribution is 2.29. The molecular weight excluding hydrogens is 326 g/mol. The lowest BCUT2D eigenvalue weighted by molar-refractivity contribution is 0.0526. The zero-order valence-corrected chi connectivity index (χ0v) is 14.2. The van der Waals surface area contributed by atoms with Crippen molar-refractivity contribution in [1.29, 1.82) is 0 Å². The van der Waals surface area contributed by atoms with Crippen LogP contribution < -0.4 is 19.5 Å². The molecule has 1 N–H and O–H groups in total. The fraction of sp³-hybridized carbons (Fsp3) is 0.222. The van der Waals surface area contributed by atoms with Gasteiger partial charge in [0.15, 0.2) is 0 Å². The third-order valence-corrected chi connectivity index (χ3v) is 3.22. The van der Waals surface area contributed by atoms with Crippen LogP contribution in [-0.4, -0.2) is 32.9 Å². The predicted octanol–water partition coefficient (Wildman–Crippen LogP) is 3.49. The minimum atomic E-state index is -0.699. The van der Waals surface area contributed by atoms with Crippen molar-refractivity contribution in [1.82, 2.24) is 0 Å². The van der Waals surface area contributed by atoms with Gasteiger partial charge in [0.25, 0.3) is 0 Å². The summed E-state index contributed by atoms with van der Waals surface area (Å²) in [5.41, 5.74) is 0.791. The normalized spacial score (nSPS) is 9.88. The molecule has 1 amide bonds. The molecule has 0 aliphatic carbocycles. The number of esters is 1. The molecule has 0 bridgehead atoms. The van der Waals surface area contributed by atoms with Crippen molar-refractivity contribution in [2.24, 2.45) is 0 Å². The highest BCUT2D eigenvalue weighted by atomic mass is 16.6. The van der Waals surface area contributed by atoms with Gasteiger partial charge in [0, 0.05) is 6.07 Å². The van der Waals surface area contributed by atoms with Crippen LogP contribution in [0.25, 0.3) is 0 Å². The van der Waals surface area contributed by atoms with Gasteiger partial charge in [-0.2, -0.15) is 0 Å². The summed E-state index contributed by atoms with van der Waals surface area (Å²) < 4.78 is 20.4. The van der Waals surface area contributed by atoms with Crippen LogP contribution in [0.1, 0.15) is 17.3 Å². The van der Waals surface area contributed by atoms with Gasteiger partial charge < -0.3 is 18.9 Å². The predicted molar refractivity (Wildman–Crippen MR) is 91.6 cm³/mol. The molecule has 0 fully saturated rings. The summed E-state index contributed by atoms with van der Waals surface area (Å²) in [6.07, 6.45) is -0.699. The number of hydrogen-bond acceptors (Lipinski definition) is 6. The van der Waals surface area contributed by atoms with E-state index in [0.717, 1.165) is 0 Å². The van der Waals surface area contributed by atoms with Crippen LogP contribution in [0.15, 0.2) is 42.5 Å². The number of carbonyl (C=O) groups excluding carboxylic acids is 2. The van der Waals surface area contributed by atoms with E-state index in [4.69, 9.17) is 18.9 Å². The average molecular weight is 345 g/mol. The average Bonchev–Trinajstić information content (AvgIpc) is 2.62. The van der Waals surface area contributed by atoms with Crippen molar-refractivity contribution in [3.63, 3.8) is 0 Å². The molecule has 0 aromatic heterocycles. The first-order valence-electron chi connectivity index (χ1n) is 7.55. The molecule has 25 heavy (non-hydrogen) atoms. The molecule has 2 aromatic rings. The monoisotopic (exact) mass is 345 g/mol. The summed E-state index contributed by atoms with van der Waals surface area (Å²) in [5.74, 6) is 0.886.